The van der Waals surface area contributed by atoms with Gasteiger partial charge in [0.2, 0.25) is 0 Å². The van der Waals surface area contributed by atoms with Crippen molar-refractivity contribution in [2.75, 3.05) is 13.2 Å². The molecule has 2 N–H and O–H groups in total. The van der Waals surface area contributed by atoms with Gasteiger partial charge in [-0.2, -0.15) is 0 Å². The lowest BCUT2D eigenvalue weighted by molar-refractivity contribution is 0.0981. The predicted octanol–water partition coefficient (Wildman–Crippen LogP) is 2.81. The third kappa shape index (κ3) is 3.96. The average molecular weight is 318 g/mol. The number of carbonyl (C=O) groups excluding carboxylic acids is 1. The quantitative estimate of drug-likeness (QED) is 0.793. The molecule has 5 heteroatoms. The zero-order valence-electron chi connectivity index (χ0n) is 13.9. The summed E-state index contributed by atoms with van der Waals surface area (Å²) >= 11 is 0. The SMILES string of the molecule is CC(C)c1ccccc1OCCNC(=O)N[C@H]1C[C@H]2CC[C@H]1O2. The summed E-state index contributed by atoms with van der Waals surface area (Å²) in [6.07, 6.45) is 3.69. The standard InChI is InChI=1S/C18H26N2O3/c1-12(2)14-5-3-4-6-16(14)22-10-9-19-18(21)20-15-11-13-7-8-17(15)23-13/h3-6,12-13,15,17H,7-11H2,1-2H3,(H2,19,20,21)/t13-,15+,17-/m1/s1. The molecule has 2 amide bonds. The van der Waals surface area contributed by atoms with Crippen molar-refractivity contribution in [2.45, 2.75) is 57.3 Å². The van der Waals surface area contributed by atoms with Crippen LogP contribution in [-0.4, -0.2) is 37.4 Å². The molecule has 3 atom stereocenters. The largest absolute Gasteiger partial charge is 0.491 e. The van der Waals surface area contributed by atoms with Gasteiger partial charge < -0.3 is 20.1 Å². The molecule has 2 aliphatic rings. The molecule has 0 radical (unpaired) electrons. The lowest BCUT2D eigenvalue weighted by atomic mass is 9.96. The number of hydrogen-bond acceptors (Lipinski definition) is 3. The molecule has 23 heavy (non-hydrogen) atoms. The van der Waals surface area contributed by atoms with E-state index < -0.39 is 0 Å². The number of urea groups is 1. The summed E-state index contributed by atoms with van der Waals surface area (Å²) in [5.74, 6) is 1.31. The van der Waals surface area contributed by atoms with Gasteiger partial charge in [0.15, 0.2) is 0 Å². The third-order valence-electron chi connectivity index (χ3n) is 4.61. The maximum absolute atomic E-state index is 11.9. The molecular formula is C18H26N2O3. The molecule has 0 saturated carbocycles. The van der Waals surface area contributed by atoms with Crippen molar-refractivity contribution in [3.8, 4) is 5.75 Å². The van der Waals surface area contributed by atoms with E-state index in [-0.39, 0.29) is 18.2 Å². The molecule has 126 valence electrons. The van der Waals surface area contributed by atoms with E-state index in [2.05, 4.69) is 30.5 Å². The summed E-state index contributed by atoms with van der Waals surface area (Å²) < 4.78 is 11.5. The fourth-order valence-corrected chi connectivity index (χ4v) is 3.42. The molecule has 0 aliphatic carbocycles. The molecule has 0 aromatic heterocycles. The summed E-state index contributed by atoms with van der Waals surface area (Å²) in [6, 6.07) is 8.07. The van der Waals surface area contributed by atoms with E-state index in [1.54, 1.807) is 0 Å². The molecule has 5 nitrogen and oxygen atoms in total. The average Bonchev–Trinajstić information content (AvgIpc) is 3.14. The van der Waals surface area contributed by atoms with Crippen LogP contribution in [0.25, 0.3) is 0 Å². The van der Waals surface area contributed by atoms with Crippen molar-refractivity contribution in [2.24, 2.45) is 0 Å². The van der Waals surface area contributed by atoms with Gasteiger partial charge in [-0.1, -0.05) is 32.0 Å². The van der Waals surface area contributed by atoms with E-state index >= 15 is 0 Å². The Morgan fingerprint density at radius 2 is 2.17 bits per heavy atom. The normalized spacial score (nSPS) is 25.6. The second-order valence-corrected chi connectivity index (χ2v) is 6.66. The monoisotopic (exact) mass is 318 g/mol. The zero-order valence-corrected chi connectivity index (χ0v) is 13.9. The highest BCUT2D eigenvalue weighted by Gasteiger charge is 2.41. The van der Waals surface area contributed by atoms with Crippen LogP contribution in [0.3, 0.4) is 0 Å². The van der Waals surface area contributed by atoms with Gasteiger partial charge in [0, 0.05) is 0 Å². The van der Waals surface area contributed by atoms with Crippen LogP contribution in [-0.2, 0) is 4.74 Å². The number of carbonyl (C=O) groups is 1. The second kappa shape index (κ2) is 7.21. The zero-order chi connectivity index (χ0) is 16.2. The summed E-state index contributed by atoms with van der Waals surface area (Å²) in [5, 5.41) is 5.87. The molecule has 2 heterocycles. The van der Waals surface area contributed by atoms with Crippen molar-refractivity contribution < 1.29 is 14.3 Å². The van der Waals surface area contributed by atoms with Crippen LogP contribution in [0.2, 0.25) is 0 Å². The number of ether oxygens (including phenoxy) is 2. The third-order valence-corrected chi connectivity index (χ3v) is 4.61. The molecule has 0 unspecified atom stereocenters. The van der Waals surface area contributed by atoms with Gasteiger partial charge in [-0.15, -0.1) is 0 Å². The van der Waals surface area contributed by atoms with E-state index in [1.165, 1.54) is 5.56 Å². The van der Waals surface area contributed by atoms with Crippen molar-refractivity contribution in [1.82, 2.24) is 10.6 Å². The second-order valence-electron chi connectivity index (χ2n) is 6.66. The molecule has 2 fully saturated rings. The van der Waals surface area contributed by atoms with Crippen molar-refractivity contribution in [3.63, 3.8) is 0 Å². The van der Waals surface area contributed by atoms with Crippen LogP contribution in [0, 0.1) is 0 Å². The van der Waals surface area contributed by atoms with Crippen molar-refractivity contribution in [3.05, 3.63) is 29.8 Å². The first-order chi connectivity index (χ1) is 11.1. The minimum absolute atomic E-state index is 0.133. The maximum atomic E-state index is 11.9. The van der Waals surface area contributed by atoms with Crippen LogP contribution in [0.15, 0.2) is 24.3 Å². The van der Waals surface area contributed by atoms with Gasteiger partial charge in [0.1, 0.15) is 12.4 Å². The van der Waals surface area contributed by atoms with Gasteiger partial charge in [-0.3, -0.25) is 0 Å². The molecule has 2 bridgehead atoms. The van der Waals surface area contributed by atoms with Gasteiger partial charge in [0.25, 0.3) is 0 Å². The highest BCUT2D eigenvalue weighted by molar-refractivity contribution is 5.74. The number of benzene rings is 1. The number of para-hydroxylation sites is 1. The van der Waals surface area contributed by atoms with E-state index in [4.69, 9.17) is 9.47 Å². The minimum Gasteiger partial charge on any atom is -0.491 e. The minimum atomic E-state index is -0.133. The van der Waals surface area contributed by atoms with Gasteiger partial charge >= 0.3 is 6.03 Å². The molecule has 0 spiro atoms. The fourth-order valence-electron chi connectivity index (χ4n) is 3.42. The van der Waals surface area contributed by atoms with Gasteiger partial charge in [-0.05, 0) is 36.8 Å². The molecule has 2 aliphatic heterocycles. The highest BCUT2D eigenvalue weighted by atomic mass is 16.5. The predicted molar refractivity (Wildman–Crippen MR) is 88.9 cm³/mol. The topological polar surface area (TPSA) is 59.6 Å². The van der Waals surface area contributed by atoms with Crippen LogP contribution >= 0.6 is 0 Å². The molecule has 1 aromatic rings. The summed E-state index contributed by atoms with van der Waals surface area (Å²) in [6.45, 7) is 5.24. The Morgan fingerprint density at radius 1 is 1.35 bits per heavy atom. The summed E-state index contributed by atoms with van der Waals surface area (Å²) in [4.78, 5) is 11.9. The molecule has 3 rings (SSSR count). The van der Waals surface area contributed by atoms with Crippen LogP contribution in [0.4, 0.5) is 4.79 Å². The number of amides is 2. The Morgan fingerprint density at radius 3 is 2.87 bits per heavy atom. The smallest absolute Gasteiger partial charge is 0.315 e. The first-order valence-electron chi connectivity index (χ1n) is 8.55. The first kappa shape index (κ1) is 16.1. The number of nitrogens with one attached hydrogen (secondary N) is 2. The highest BCUT2D eigenvalue weighted by Crippen LogP contribution is 2.34. The lowest BCUT2D eigenvalue weighted by Gasteiger charge is -2.20. The number of rotatable bonds is 6. The van der Waals surface area contributed by atoms with E-state index in [9.17, 15) is 4.79 Å². The van der Waals surface area contributed by atoms with E-state index in [1.807, 2.05) is 18.2 Å². The van der Waals surface area contributed by atoms with E-state index in [0.29, 0.717) is 25.2 Å². The maximum Gasteiger partial charge on any atom is 0.315 e. The van der Waals surface area contributed by atoms with Gasteiger partial charge in [-0.25, -0.2) is 4.79 Å². The van der Waals surface area contributed by atoms with Crippen LogP contribution < -0.4 is 15.4 Å². The molecule has 1 aromatic carbocycles. The lowest BCUT2D eigenvalue weighted by Crippen LogP contribution is -2.47. The Bertz CT molecular complexity index is 547. The van der Waals surface area contributed by atoms with Gasteiger partial charge in [0.05, 0.1) is 24.8 Å². The Hall–Kier alpha value is -1.75. The first-order valence-corrected chi connectivity index (χ1v) is 8.55. The van der Waals surface area contributed by atoms with Crippen molar-refractivity contribution >= 4 is 6.03 Å². The Labute approximate surface area is 137 Å². The summed E-state index contributed by atoms with van der Waals surface area (Å²) in [5.41, 5.74) is 1.19. The van der Waals surface area contributed by atoms with Crippen LogP contribution in [0.5, 0.6) is 5.75 Å². The molecular weight excluding hydrogens is 292 g/mol. The van der Waals surface area contributed by atoms with Crippen molar-refractivity contribution in [1.29, 1.82) is 0 Å². The Kier molecular flexibility index (Phi) is 5.06. The van der Waals surface area contributed by atoms with Crippen LogP contribution in [0.1, 0.15) is 44.6 Å². The number of fused-ring (bicyclic) bond motifs is 2. The molecule has 2 saturated heterocycles. The number of hydrogen-bond donors (Lipinski definition) is 2. The summed E-state index contributed by atoms with van der Waals surface area (Å²) in [7, 11) is 0. The Balaban J connectivity index is 1.37. The fraction of sp³-hybridized carbons (Fsp3) is 0.611. The van der Waals surface area contributed by atoms with E-state index in [0.717, 1.165) is 25.0 Å².